The Kier molecular flexibility index (Phi) is 9.14. The smallest absolute Gasteiger partial charge is 1.00 e. The minimum Gasteiger partial charge on any atom is -1.00 e. The van der Waals surface area contributed by atoms with Gasteiger partial charge in [0, 0.05) is 0 Å². The fourth-order valence-electron chi connectivity index (χ4n) is 4.03. The third-order valence-corrected chi connectivity index (χ3v) is 21.6. The van der Waals surface area contributed by atoms with E-state index in [1.165, 1.54) is 11.1 Å². The molecule has 2 unspecified atom stereocenters. The van der Waals surface area contributed by atoms with E-state index in [9.17, 15) is 0 Å². The van der Waals surface area contributed by atoms with Crippen molar-refractivity contribution in [3.63, 3.8) is 0 Å². The molecule has 0 saturated carbocycles. The van der Waals surface area contributed by atoms with Crippen molar-refractivity contribution >= 4 is 10.2 Å². The van der Waals surface area contributed by atoms with Crippen LogP contribution in [-0.4, -0.2) is 12.4 Å². The van der Waals surface area contributed by atoms with Crippen LogP contribution in [0, 0.1) is 12.8 Å². The van der Waals surface area contributed by atoms with Crippen LogP contribution < -0.4 is 31.3 Å². The minimum absolute atomic E-state index is 0. The van der Waals surface area contributed by atoms with Gasteiger partial charge in [-0.2, -0.15) is 0 Å². The Bertz CT molecular complexity index is 744. The second-order valence-corrected chi connectivity index (χ2v) is 22.2. The van der Waals surface area contributed by atoms with E-state index in [4.69, 9.17) is 0 Å². The third kappa shape index (κ3) is 4.99. The summed E-state index contributed by atoms with van der Waals surface area (Å²) >= 11 is -2.91. The van der Waals surface area contributed by atoms with E-state index < -0.39 is 19.2 Å². The molecule has 0 aromatic heterocycles. The first-order valence-electron chi connectivity index (χ1n) is 8.59. The fourth-order valence-corrected chi connectivity index (χ4v) is 24.6. The van der Waals surface area contributed by atoms with Gasteiger partial charge in [0.25, 0.3) is 0 Å². The monoisotopic (exact) mass is 474 g/mol. The largest absolute Gasteiger partial charge is 1.00 e. The molecule has 1 nitrogen and oxygen atoms in total. The number of hydrogen-bond donors (Lipinski definition) is 1. The summed E-state index contributed by atoms with van der Waals surface area (Å²) in [6.45, 7) is 20.9. The molecule has 1 N–H and O–H groups in total. The molecule has 5 heteroatoms. The molecule has 1 aromatic carbocycles. The van der Waals surface area contributed by atoms with E-state index in [1.807, 2.05) is 0 Å². The molecule has 0 fully saturated rings. The summed E-state index contributed by atoms with van der Waals surface area (Å²) < 4.78 is 7.53. The van der Waals surface area contributed by atoms with E-state index in [0.717, 1.165) is 0 Å². The first-order valence-corrected chi connectivity index (χ1v) is 18.2. The number of rotatable bonds is 3. The van der Waals surface area contributed by atoms with Crippen LogP contribution in [0.15, 0.2) is 44.3 Å². The Labute approximate surface area is 173 Å². The van der Waals surface area contributed by atoms with Gasteiger partial charge in [-0.1, -0.05) is 0 Å². The summed E-state index contributed by atoms with van der Waals surface area (Å²) in [5.74, 6) is 0.581. The minimum atomic E-state index is -2.91. The van der Waals surface area contributed by atoms with Crippen LogP contribution >= 0.6 is 0 Å². The van der Waals surface area contributed by atoms with E-state index >= 15 is 0 Å². The Balaban J connectivity index is 0.00000288. The molecule has 0 bridgehead atoms. The quantitative estimate of drug-likeness (QED) is 0.493. The van der Waals surface area contributed by atoms with Crippen LogP contribution in [-0.2, 0) is 19.2 Å². The molecular formula is C20H32Cl2NSiZr. The second-order valence-electron chi connectivity index (χ2n) is 8.16. The first-order chi connectivity index (χ1) is 10.5. The van der Waals surface area contributed by atoms with Gasteiger partial charge >= 0.3 is 149 Å². The maximum Gasteiger partial charge on any atom is -1.00 e. The summed E-state index contributed by atoms with van der Waals surface area (Å²) in [4.78, 5) is 0. The number of aryl methyl sites for hydroxylation is 1. The van der Waals surface area contributed by atoms with E-state index in [0.29, 0.717) is 5.92 Å². The van der Waals surface area contributed by atoms with E-state index in [2.05, 4.69) is 89.8 Å². The molecule has 1 aromatic rings. The Morgan fingerprint density at radius 2 is 1.48 bits per heavy atom. The van der Waals surface area contributed by atoms with Gasteiger partial charge in [-0.25, -0.2) is 0 Å². The standard InChI is InChI=1S/C9H13.C7H7.C4H10N.2ClH.H2Si.Zr/c1-6-5-7(2)9(4)8(6)3;1-7-5-3-2-4-6-7;1-4(2,3)5;;;;/h6H,1-4H3;2-5H,1H3;5H,1-3H3;2*1H;1H2;/q;;-1;;;;+3/p-2. The van der Waals surface area contributed by atoms with Crippen molar-refractivity contribution in [2.45, 2.75) is 60.9 Å². The van der Waals surface area contributed by atoms with Crippen molar-refractivity contribution in [2.75, 3.05) is 0 Å². The molecule has 25 heavy (non-hydrogen) atoms. The second kappa shape index (κ2) is 9.02. The molecule has 2 atom stereocenters. The number of allylic oxidation sites excluding steroid dienone is 4. The zero-order valence-corrected chi connectivity index (χ0v) is 22.2. The van der Waals surface area contributed by atoms with Crippen molar-refractivity contribution < 1.29 is 44.0 Å². The molecular weight excluding hydrogens is 444 g/mol. The Morgan fingerprint density at radius 1 is 0.960 bits per heavy atom. The van der Waals surface area contributed by atoms with Crippen LogP contribution in [0.5, 0.6) is 0 Å². The fraction of sp³-hybridized carbons (Fsp3) is 0.500. The maximum atomic E-state index is 4.17. The molecule has 0 aliphatic heterocycles. The van der Waals surface area contributed by atoms with Crippen molar-refractivity contribution in [2.24, 2.45) is 5.92 Å². The zero-order valence-electron chi connectivity index (χ0n) is 16.8. The van der Waals surface area contributed by atoms with Crippen LogP contribution in [0.3, 0.4) is 0 Å². The molecule has 139 valence electrons. The normalized spacial score (nSPS) is 18.8. The Morgan fingerprint density at radius 3 is 1.88 bits per heavy atom. The van der Waals surface area contributed by atoms with E-state index in [1.54, 1.807) is 17.7 Å². The average molecular weight is 477 g/mol. The van der Waals surface area contributed by atoms with Gasteiger partial charge in [0.15, 0.2) is 0 Å². The molecule has 0 saturated heterocycles. The molecule has 0 spiro atoms. The van der Waals surface area contributed by atoms with Crippen LogP contribution in [0.4, 0.5) is 0 Å². The van der Waals surface area contributed by atoms with Crippen molar-refractivity contribution in [3.05, 3.63) is 49.8 Å². The SMILES string of the molecule is CC1=C(C)C(C)[C]([Zr+2](=[SiH2])([NH]C(C)(C)C)[c]2ccccc2C)=C1C.[Cl-].[Cl-]. The predicted octanol–water partition coefficient (Wildman–Crippen LogP) is -2.11. The molecule has 2 rings (SSSR count). The van der Waals surface area contributed by atoms with Gasteiger partial charge in [0.1, 0.15) is 0 Å². The van der Waals surface area contributed by atoms with Gasteiger partial charge in [0.2, 0.25) is 0 Å². The van der Waals surface area contributed by atoms with Crippen molar-refractivity contribution in [3.8, 4) is 0 Å². The molecule has 0 heterocycles. The first kappa shape index (κ1) is 25.3. The number of benzene rings is 1. The molecule has 0 radical (unpaired) electrons. The summed E-state index contributed by atoms with van der Waals surface area (Å²) in [6.07, 6.45) is 0. The Hall–Kier alpha value is 0.340. The predicted molar refractivity (Wildman–Crippen MR) is 102 cm³/mol. The summed E-state index contributed by atoms with van der Waals surface area (Å²) in [7, 11) is 0. The molecule has 0 amide bonds. The van der Waals surface area contributed by atoms with Gasteiger partial charge in [0.05, 0.1) is 0 Å². The summed E-state index contributed by atoms with van der Waals surface area (Å²) in [5, 5.41) is 0. The third-order valence-electron chi connectivity index (χ3n) is 5.29. The van der Waals surface area contributed by atoms with Gasteiger partial charge in [-0.3, -0.25) is 0 Å². The van der Waals surface area contributed by atoms with Gasteiger partial charge in [-0.05, 0) is 0 Å². The van der Waals surface area contributed by atoms with Crippen LogP contribution in [0.25, 0.3) is 0 Å². The number of hydrogen-bond acceptors (Lipinski definition) is 1. The van der Waals surface area contributed by atoms with Crippen molar-refractivity contribution in [1.82, 2.24) is 3.26 Å². The maximum absolute atomic E-state index is 4.17. The molecule has 1 aliphatic rings. The topological polar surface area (TPSA) is 12.0 Å². The zero-order chi connectivity index (χ0) is 17.6. The van der Waals surface area contributed by atoms with Gasteiger partial charge < -0.3 is 24.8 Å². The van der Waals surface area contributed by atoms with Gasteiger partial charge in [-0.15, -0.1) is 0 Å². The average Bonchev–Trinajstić information content (AvgIpc) is 2.61. The summed E-state index contributed by atoms with van der Waals surface area (Å²) in [6, 6.07) is 9.05. The molecule has 1 aliphatic carbocycles. The summed E-state index contributed by atoms with van der Waals surface area (Å²) in [5.41, 5.74) is 6.22. The van der Waals surface area contributed by atoms with Crippen LogP contribution in [0.2, 0.25) is 0 Å². The number of halogens is 2. The van der Waals surface area contributed by atoms with E-state index in [-0.39, 0.29) is 30.4 Å². The van der Waals surface area contributed by atoms with Crippen LogP contribution in [0.1, 0.15) is 54.0 Å². The van der Waals surface area contributed by atoms with Crippen molar-refractivity contribution in [1.29, 1.82) is 0 Å². The number of nitrogens with one attached hydrogen (secondary N) is 1.